The number of fused-ring (bicyclic) bond motifs is 1. The van der Waals surface area contributed by atoms with Crippen LogP contribution >= 0.6 is 0 Å². The predicted molar refractivity (Wildman–Crippen MR) is 129 cm³/mol. The van der Waals surface area contributed by atoms with Gasteiger partial charge < -0.3 is 24.4 Å². The Balaban J connectivity index is 1.34. The summed E-state index contributed by atoms with van der Waals surface area (Å²) in [6.07, 6.45) is -0.744. The highest BCUT2D eigenvalue weighted by Gasteiger charge is 2.37. The maximum Gasteiger partial charge on any atom is 0.408 e. The number of H-pyrrole nitrogens is 1. The number of aromatic nitrogens is 5. The molecule has 11 nitrogen and oxygen atoms in total. The van der Waals surface area contributed by atoms with E-state index in [1.807, 2.05) is 10.2 Å². The van der Waals surface area contributed by atoms with Crippen molar-refractivity contribution >= 4 is 22.8 Å². The zero-order valence-corrected chi connectivity index (χ0v) is 20.9. The van der Waals surface area contributed by atoms with E-state index in [1.54, 1.807) is 19.4 Å². The first-order chi connectivity index (χ1) is 18.2. The van der Waals surface area contributed by atoms with Crippen molar-refractivity contribution < 1.29 is 32.2 Å². The van der Waals surface area contributed by atoms with Gasteiger partial charge in [0, 0.05) is 44.3 Å². The first-order valence-electron chi connectivity index (χ1n) is 12.4. The number of pyridine rings is 1. The molecule has 204 valence electrons. The zero-order chi connectivity index (χ0) is 26.9. The Bertz CT molecular complexity index is 1290. The van der Waals surface area contributed by atoms with Gasteiger partial charge in [-0.15, -0.1) is 0 Å². The largest absolute Gasteiger partial charge is 0.496 e. The molecule has 0 bridgehead atoms. The summed E-state index contributed by atoms with van der Waals surface area (Å²) in [7, 11) is 1.60. The number of nitrogens with zero attached hydrogens (tertiary/aromatic N) is 5. The number of rotatable bonds is 8. The van der Waals surface area contributed by atoms with Crippen LogP contribution in [0.4, 0.5) is 19.0 Å². The minimum Gasteiger partial charge on any atom is -0.496 e. The van der Waals surface area contributed by atoms with E-state index in [9.17, 15) is 18.0 Å². The average Bonchev–Trinajstić information content (AvgIpc) is 3.31. The van der Waals surface area contributed by atoms with Crippen molar-refractivity contribution in [1.82, 2.24) is 30.5 Å². The number of ether oxygens (including phenoxy) is 3. The lowest BCUT2D eigenvalue weighted by Crippen LogP contribution is -2.43. The number of carbonyl (C=O) groups is 1. The lowest BCUT2D eigenvalue weighted by Gasteiger charge is -2.33. The van der Waals surface area contributed by atoms with Crippen molar-refractivity contribution in [3.63, 3.8) is 0 Å². The number of nitrogens with one attached hydrogen (secondary N) is 2. The molecule has 2 aliphatic rings. The molecule has 0 aromatic carbocycles. The SMILES string of the molecule is COc1ccnc2n[nH]c(C3CCN(c4cc(C(=O)N[C@@H](C)C(F)(F)F)nc(OC[C@H]5CCO5)n4)CC3)c12. The van der Waals surface area contributed by atoms with E-state index < -0.39 is 18.1 Å². The smallest absolute Gasteiger partial charge is 0.408 e. The summed E-state index contributed by atoms with van der Waals surface area (Å²) in [4.78, 5) is 27.4. The van der Waals surface area contributed by atoms with E-state index in [1.165, 1.54) is 6.07 Å². The Morgan fingerprint density at radius 1 is 1.29 bits per heavy atom. The second kappa shape index (κ2) is 10.6. The van der Waals surface area contributed by atoms with Gasteiger partial charge in [-0.1, -0.05) is 0 Å². The molecule has 38 heavy (non-hydrogen) atoms. The molecule has 0 spiro atoms. The number of amides is 1. The van der Waals surface area contributed by atoms with E-state index >= 15 is 0 Å². The molecule has 1 amide bonds. The van der Waals surface area contributed by atoms with Crippen LogP contribution < -0.4 is 19.7 Å². The van der Waals surface area contributed by atoms with Crippen LogP contribution in [0.2, 0.25) is 0 Å². The molecule has 5 heterocycles. The van der Waals surface area contributed by atoms with Crippen LogP contribution in [0.5, 0.6) is 11.8 Å². The Labute approximate surface area is 216 Å². The Hall–Kier alpha value is -3.68. The van der Waals surface area contributed by atoms with Gasteiger partial charge in [0.15, 0.2) is 5.65 Å². The number of halogens is 3. The molecule has 2 N–H and O–H groups in total. The van der Waals surface area contributed by atoms with E-state index in [4.69, 9.17) is 14.2 Å². The van der Waals surface area contributed by atoms with Crippen LogP contribution in [0.15, 0.2) is 18.3 Å². The Morgan fingerprint density at radius 3 is 2.71 bits per heavy atom. The molecule has 2 saturated heterocycles. The van der Waals surface area contributed by atoms with E-state index in [0.717, 1.165) is 37.3 Å². The lowest BCUT2D eigenvalue weighted by atomic mass is 9.92. The minimum absolute atomic E-state index is 0.0830. The number of alkyl halides is 3. The maximum atomic E-state index is 13.0. The molecule has 14 heteroatoms. The highest BCUT2D eigenvalue weighted by atomic mass is 19.4. The normalized spacial score (nSPS) is 19.2. The molecule has 5 rings (SSSR count). The van der Waals surface area contributed by atoms with Crippen LogP contribution in [0.3, 0.4) is 0 Å². The second-order valence-electron chi connectivity index (χ2n) is 9.33. The predicted octanol–water partition coefficient (Wildman–Crippen LogP) is 2.99. The van der Waals surface area contributed by atoms with Crippen molar-refractivity contribution in [3.05, 3.63) is 29.7 Å². The third kappa shape index (κ3) is 5.44. The van der Waals surface area contributed by atoms with Crippen molar-refractivity contribution in [1.29, 1.82) is 0 Å². The quantitative estimate of drug-likeness (QED) is 0.448. The van der Waals surface area contributed by atoms with Crippen LogP contribution in [0, 0.1) is 0 Å². The van der Waals surface area contributed by atoms with Gasteiger partial charge in [-0.2, -0.15) is 28.2 Å². The van der Waals surface area contributed by atoms with Gasteiger partial charge in [0.25, 0.3) is 5.91 Å². The molecule has 0 radical (unpaired) electrons. The van der Waals surface area contributed by atoms with Crippen molar-refractivity contribution in [2.24, 2.45) is 0 Å². The lowest BCUT2D eigenvalue weighted by molar-refractivity contribution is -0.149. The number of aromatic amines is 1. The van der Waals surface area contributed by atoms with Gasteiger partial charge in [0.2, 0.25) is 0 Å². The zero-order valence-electron chi connectivity index (χ0n) is 20.9. The topological polar surface area (TPSA) is 127 Å². The van der Waals surface area contributed by atoms with Gasteiger partial charge in [0.1, 0.15) is 29.9 Å². The van der Waals surface area contributed by atoms with Gasteiger partial charge >= 0.3 is 12.2 Å². The summed E-state index contributed by atoms with van der Waals surface area (Å²) in [6.45, 7) is 2.86. The standard InChI is InChI=1S/C24H28F3N7O4/c1-13(24(25,26)27)29-22(35)16-11-18(31-23(30-16)38-12-15-6-10-37-15)34-8-4-14(5-9-34)20-19-17(36-2)3-7-28-21(19)33-32-20/h3,7,11,13-15H,4-6,8-10,12H2,1-2H3,(H,29,35)(H,28,32,33)/t13-,15+/m0/s1. The number of piperidine rings is 1. The van der Waals surface area contributed by atoms with E-state index in [2.05, 4.69) is 25.1 Å². The van der Waals surface area contributed by atoms with Gasteiger partial charge in [-0.25, -0.2) is 4.98 Å². The summed E-state index contributed by atoms with van der Waals surface area (Å²) >= 11 is 0. The van der Waals surface area contributed by atoms with Crippen LogP contribution in [0.1, 0.15) is 48.3 Å². The maximum absolute atomic E-state index is 13.0. The fourth-order valence-electron chi connectivity index (χ4n) is 4.50. The molecule has 2 aliphatic heterocycles. The third-order valence-electron chi connectivity index (χ3n) is 6.85. The molecule has 0 saturated carbocycles. The number of carbonyl (C=O) groups excluding carboxylic acids is 1. The number of hydrogen-bond donors (Lipinski definition) is 2. The highest BCUT2D eigenvalue weighted by Crippen LogP contribution is 2.36. The average molecular weight is 536 g/mol. The Morgan fingerprint density at radius 2 is 2.05 bits per heavy atom. The number of anilines is 1. The van der Waals surface area contributed by atoms with Crippen LogP contribution in [0.25, 0.3) is 11.0 Å². The molecule has 0 aliphatic carbocycles. The van der Waals surface area contributed by atoms with E-state index in [-0.39, 0.29) is 30.3 Å². The molecular weight excluding hydrogens is 507 g/mol. The van der Waals surface area contributed by atoms with E-state index in [0.29, 0.717) is 36.9 Å². The molecule has 0 unspecified atom stereocenters. The van der Waals surface area contributed by atoms with Crippen molar-refractivity contribution in [2.45, 2.75) is 50.4 Å². The molecular formula is C24H28F3N7O4. The van der Waals surface area contributed by atoms with Crippen LogP contribution in [-0.2, 0) is 4.74 Å². The van der Waals surface area contributed by atoms with Crippen LogP contribution in [-0.4, -0.2) is 82.8 Å². The summed E-state index contributed by atoms with van der Waals surface area (Å²) in [5.74, 6) is 0.291. The van der Waals surface area contributed by atoms with Gasteiger partial charge in [0.05, 0.1) is 24.3 Å². The molecule has 2 fully saturated rings. The number of methoxy groups -OCH3 is 1. The first-order valence-corrected chi connectivity index (χ1v) is 12.4. The fourth-order valence-corrected chi connectivity index (χ4v) is 4.50. The molecule has 3 aromatic rings. The number of hydrogen-bond acceptors (Lipinski definition) is 9. The summed E-state index contributed by atoms with van der Waals surface area (Å²) in [5.41, 5.74) is 1.32. The summed E-state index contributed by atoms with van der Waals surface area (Å²) < 4.78 is 55.5. The third-order valence-corrected chi connectivity index (χ3v) is 6.85. The highest BCUT2D eigenvalue weighted by molar-refractivity contribution is 5.93. The van der Waals surface area contributed by atoms with Crippen molar-refractivity contribution in [3.8, 4) is 11.8 Å². The Kier molecular flexibility index (Phi) is 7.23. The second-order valence-corrected chi connectivity index (χ2v) is 9.33. The minimum atomic E-state index is -4.58. The monoisotopic (exact) mass is 535 g/mol. The molecule has 2 atom stereocenters. The molecule has 3 aromatic heterocycles. The van der Waals surface area contributed by atoms with Crippen molar-refractivity contribution in [2.75, 3.05) is 38.3 Å². The fraction of sp³-hybridized carbons (Fsp3) is 0.542. The summed E-state index contributed by atoms with van der Waals surface area (Å²) in [6, 6.07) is 1.07. The first kappa shape index (κ1) is 25.9. The van der Waals surface area contributed by atoms with Gasteiger partial charge in [-0.05, 0) is 25.8 Å². The van der Waals surface area contributed by atoms with Gasteiger partial charge in [-0.3, -0.25) is 9.89 Å². The summed E-state index contributed by atoms with van der Waals surface area (Å²) in [5, 5.41) is 10.2.